The van der Waals surface area contributed by atoms with Crippen LogP contribution in [-0.4, -0.2) is 11.3 Å². The Hall–Kier alpha value is -2.87. The molecule has 3 aromatic carbocycles. The quantitative estimate of drug-likeness (QED) is 0.647. The summed E-state index contributed by atoms with van der Waals surface area (Å²) in [5, 5.41) is 10.1. The molecule has 120 valence electrons. The molecule has 0 spiro atoms. The average molecular weight is 315 g/mol. The molecule has 24 heavy (non-hydrogen) atoms. The second-order valence-electron chi connectivity index (χ2n) is 6.10. The van der Waals surface area contributed by atoms with E-state index in [1.807, 2.05) is 37.3 Å². The zero-order valence-corrected chi connectivity index (χ0v) is 14.0. The van der Waals surface area contributed by atoms with Gasteiger partial charge in [0.25, 0.3) is 0 Å². The molecule has 0 bridgehead atoms. The van der Waals surface area contributed by atoms with Crippen molar-refractivity contribution in [3.8, 4) is 5.75 Å². The van der Waals surface area contributed by atoms with Gasteiger partial charge in [0.1, 0.15) is 5.75 Å². The normalized spacial score (nSPS) is 11.1. The summed E-state index contributed by atoms with van der Waals surface area (Å²) in [5.74, 6) is 0.251. The average Bonchev–Trinajstić information content (AvgIpc) is 2.59. The summed E-state index contributed by atoms with van der Waals surface area (Å²) in [6.07, 6.45) is 2.58. The number of hydrogen-bond acceptors (Lipinski definition) is 2. The summed E-state index contributed by atoms with van der Waals surface area (Å²) in [6.45, 7) is 4.09. The Kier molecular flexibility index (Phi) is 4.76. The van der Waals surface area contributed by atoms with Crippen LogP contribution in [0.5, 0.6) is 5.75 Å². The standard InChI is InChI=1S/C22H21NO/c1-16-8-9-17(2)21(12-16)23-15-20-14-19(10-11-22(20)24)13-18-6-4-3-5-7-18/h3-12,14-15,24H,13H2,1-2H3. The number of hydrogen-bond donors (Lipinski definition) is 1. The predicted octanol–water partition coefficient (Wildman–Crippen LogP) is 5.35. The first-order chi connectivity index (χ1) is 11.6. The molecule has 0 aliphatic rings. The molecule has 2 nitrogen and oxygen atoms in total. The number of aliphatic imine (C=N–C) groups is 1. The van der Waals surface area contributed by atoms with Gasteiger partial charge in [0.05, 0.1) is 5.69 Å². The lowest BCUT2D eigenvalue weighted by atomic mass is 10.0. The SMILES string of the molecule is Cc1ccc(C)c(N=Cc2cc(Cc3ccccc3)ccc2O)c1. The second kappa shape index (κ2) is 7.14. The molecule has 0 aliphatic heterocycles. The highest BCUT2D eigenvalue weighted by atomic mass is 16.3. The van der Waals surface area contributed by atoms with Crippen LogP contribution in [0.15, 0.2) is 71.7 Å². The van der Waals surface area contributed by atoms with Crippen LogP contribution in [0, 0.1) is 13.8 Å². The molecule has 3 aromatic rings. The van der Waals surface area contributed by atoms with E-state index in [0.717, 1.165) is 28.8 Å². The smallest absolute Gasteiger partial charge is 0.124 e. The highest BCUT2D eigenvalue weighted by Gasteiger charge is 2.03. The van der Waals surface area contributed by atoms with Crippen LogP contribution in [0.2, 0.25) is 0 Å². The van der Waals surface area contributed by atoms with E-state index in [1.165, 1.54) is 11.1 Å². The Labute approximate surface area is 143 Å². The number of rotatable bonds is 4. The fourth-order valence-electron chi connectivity index (χ4n) is 2.65. The van der Waals surface area contributed by atoms with E-state index in [4.69, 9.17) is 0 Å². The highest BCUT2D eigenvalue weighted by Crippen LogP contribution is 2.23. The fraction of sp³-hybridized carbons (Fsp3) is 0.136. The van der Waals surface area contributed by atoms with Crippen LogP contribution in [0.3, 0.4) is 0 Å². The highest BCUT2D eigenvalue weighted by molar-refractivity contribution is 5.86. The monoisotopic (exact) mass is 315 g/mol. The molecule has 1 N–H and O–H groups in total. The minimum absolute atomic E-state index is 0.251. The maximum absolute atomic E-state index is 10.1. The second-order valence-corrected chi connectivity index (χ2v) is 6.10. The summed E-state index contributed by atoms with van der Waals surface area (Å²) in [4.78, 5) is 4.56. The van der Waals surface area contributed by atoms with E-state index in [2.05, 4.69) is 42.2 Å². The van der Waals surface area contributed by atoms with E-state index in [1.54, 1.807) is 12.3 Å². The van der Waals surface area contributed by atoms with E-state index in [0.29, 0.717) is 0 Å². The molecule has 0 saturated heterocycles. The molecule has 0 radical (unpaired) electrons. The molecule has 0 amide bonds. The van der Waals surface area contributed by atoms with Gasteiger partial charge in [0.2, 0.25) is 0 Å². The minimum Gasteiger partial charge on any atom is -0.507 e. The Morgan fingerprint density at radius 1 is 0.875 bits per heavy atom. The van der Waals surface area contributed by atoms with Crippen molar-refractivity contribution in [1.82, 2.24) is 0 Å². The van der Waals surface area contributed by atoms with E-state index >= 15 is 0 Å². The molecule has 0 heterocycles. The third-order valence-corrected chi connectivity index (χ3v) is 4.05. The maximum Gasteiger partial charge on any atom is 0.124 e. The molecule has 0 aromatic heterocycles. The predicted molar refractivity (Wildman–Crippen MR) is 101 cm³/mol. The summed E-state index contributed by atoms with van der Waals surface area (Å²) in [7, 11) is 0. The van der Waals surface area contributed by atoms with Crippen LogP contribution in [0.4, 0.5) is 5.69 Å². The van der Waals surface area contributed by atoms with Gasteiger partial charge in [0, 0.05) is 11.8 Å². The van der Waals surface area contributed by atoms with E-state index < -0.39 is 0 Å². The fourth-order valence-corrected chi connectivity index (χ4v) is 2.65. The van der Waals surface area contributed by atoms with Crippen molar-refractivity contribution in [2.75, 3.05) is 0 Å². The van der Waals surface area contributed by atoms with E-state index in [-0.39, 0.29) is 5.75 Å². The Morgan fingerprint density at radius 3 is 2.46 bits per heavy atom. The minimum atomic E-state index is 0.251. The summed E-state index contributed by atoms with van der Waals surface area (Å²) >= 11 is 0. The van der Waals surface area contributed by atoms with Crippen molar-refractivity contribution in [1.29, 1.82) is 0 Å². The van der Waals surface area contributed by atoms with Gasteiger partial charge in [-0.05, 0) is 60.7 Å². The van der Waals surface area contributed by atoms with Crippen molar-refractivity contribution >= 4 is 11.9 Å². The molecule has 0 fully saturated rings. The molecule has 2 heteroatoms. The first-order valence-electron chi connectivity index (χ1n) is 8.09. The van der Waals surface area contributed by atoms with Crippen LogP contribution in [0.25, 0.3) is 0 Å². The van der Waals surface area contributed by atoms with Gasteiger partial charge in [-0.2, -0.15) is 0 Å². The van der Waals surface area contributed by atoms with Gasteiger partial charge in [-0.25, -0.2) is 0 Å². The lowest BCUT2D eigenvalue weighted by Gasteiger charge is -2.06. The van der Waals surface area contributed by atoms with Crippen molar-refractivity contribution in [2.45, 2.75) is 20.3 Å². The van der Waals surface area contributed by atoms with Gasteiger partial charge >= 0.3 is 0 Å². The molecular weight excluding hydrogens is 294 g/mol. The Morgan fingerprint density at radius 2 is 1.67 bits per heavy atom. The number of phenols is 1. The van der Waals surface area contributed by atoms with Crippen molar-refractivity contribution in [2.24, 2.45) is 4.99 Å². The lowest BCUT2D eigenvalue weighted by Crippen LogP contribution is -1.91. The summed E-state index contributed by atoms with van der Waals surface area (Å²) in [6, 6.07) is 22.2. The molecule has 0 aliphatic carbocycles. The molecule has 3 rings (SSSR count). The number of nitrogens with zero attached hydrogens (tertiary/aromatic N) is 1. The largest absolute Gasteiger partial charge is 0.507 e. The number of benzene rings is 3. The summed E-state index contributed by atoms with van der Waals surface area (Å²) < 4.78 is 0. The van der Waals surface area contributed by atoms with Gasteiger partial charge in [-0.1, -0.05) is 48.5 Å². The Balaban J connectivity index is 1.86. The number of aromatic hydroxyl groups is 1. The lowest BCUT2D eigenvalue weighted by molar-refractivity contribution is 0.474. The molecule has 0 unspecified atom stereocenters. The Bertz CT molecular complexity index is 866. The van der Waals surface area contributed by atoms with Gasteiger partial charge in [-0.3, -0.25) is 4.99 Å². The molecule has 0 saturated carbocycles. The van der Waals surface area contributed by atoms with Crippen LogP contribution >= 0.6 is 0 Å². The van der Waals surface area contributed by atoms with Gasteiger partial charge < -0.3 is 5.11 Å². The third kappa shape index (κ3) is 3.90. The number of aryl methyl sites for hydroxylation is 2. The first-order valence-corrected chi connectivity index (χ1v) is 8.09. The van der Waals surface area contributed by atoms with Crippen molar-refractivity contribution in [3.63, 3.8) is 0 Å². The van der Waals surface area contributed by atoms with Crippen LogP contribution in [-0.2, 0) is 6.42 Å². The third-order valence-electron chi connectivity index (χ3n) is 4.05. The van der Waals surface area contributed by atoms with Crippen molar-refractivity contribution < 1.29 is 5.11 Å². The van der Waals surface area contributed by atoms with Gasteiger partial charge in [-0.15, -0.1) is 0 Å². The number of phenolic OH excluding ortho intramolecular Hbond substituents is 1. The first kappa shape index (κ1) is 16.0. The zero-order valence-electron chi connectivity index (χ0n) is 14.0. The summed E-state index contributed by atoms with van der Waals surface area (Å²) in [5.41, 5.74) is 6.38. The topological polar surface area (TPSA) is 32.6 Å². The molecular formula is C22H21NO. The van der Waals surface area contributed by atoms with Crippen LogP contribution in [0.1, 0.15) is 27.8 Å². The van der Waals surface area contributed by atoms with Crippen LogP contribution < -0.4 is 0 Å². The molecule has 0 atom stereocenters. The maximum atomic E-state index is 10.1. The van der Waals surface area contributed by atoms with E-state index in [9.17, 15) is 5.11 Å². The van der Waals surface area contributed by atoms with Gasteiger partial charge in [0.15, 0.2) is 0 Å². The van der Waals surface area contributed by atoms with Crippen molar-refractivity contribution in [3.05, 3.63) is 94.5 Å². The zero-order chi connectivity index (χ0) is 16.9.